The second-order valence-corrected chi connectivity index (χ2v) is 7.06. The lowest BCUT2D eigenvalue weighted by Gasteiger charge is -2.28. The maximum Gasteiger partial charge on any atom is 0.261 e. The van der Waals surface area contributed by atoms with Crippen LogP contribution in [0.3, 0.4) is 0 Å². The van der Waals surface area contributed by atoms with Crippen molar-refractivity contribution in [2.45, 2.75) is 26.5 Å². The summed E-state index contributed by atoms with van der Waals surface area (Å²) in [4.78, 5) is 14.6. The number of aryl methyl sites for hydroxylation is 1. The molecule has 0 bridgehead atoms. The molecular weight excluding hydrogens is 364 g/mol. The van der Waals surface area contributed by atoms with E-state index >= 15 is 0 Å². The number of ether oxygens (including phenoxy) is 2. The first-order valence-electron chi connectivity index (χ1n) is 9.15. The van der Waals surface area contributed by atoms with Crippen LogP contribution in [0.5, 0.6) is 5.75 Å². The summed E-state index contributed by atoms with van der Waals surface area (Å²) in [5, 5.41) is 3.60. The van der Waals surface area contributed by atoms with Gasteiger partial charge in [-0.3, -0.25) is 4.79 Å². The fourth-order valence-electron chi connectivity index (χ4n) is 2.93. The molecule has 2 aromatic rings. The van der Waals surface area contributed by atoms with Gasteiger partial charge in [0.2, 0.25) is 0 Å². The van der Waals surface area contributed by atoms with Gasteiger partial charge in [0, 0.05) is 30.3 Å². The van der Waals surface area contributed by atoms with E-state index in [1.165, 1.54) is 5.69 Å². The third kappa shape index (κ3) is 5.37. The predicted molar refractivity (Wildman–Crippen MR) is 108 cm³/mol. The first-order chi connectivity index (χ1) is 13.0. The van der Waals surface area contributed by atoms with Crippen molar-refractivity contribution in [2.24, 2.45) is 0 Å². The summed E-state index contributed by atoms with van der Waals surface area (Å²) in [6.45, 7) is 7.47. The van der Waals surface area contributed by atoms with Gasteiger partial charge in [-0.25, -0.2) is 0 Å². The smallest absolute Gasteiger partial charge is 0.261 e. The largest absolute Gasteiger partial charge is 0.481 e. The molecule has 0 aromatic heterocycles. The van der Waals surface area contributed by atoms with Crippen molar-refractivity contribution in [2.75, 3.05) is 31.2 Å². The monoisotopic (exact) mass is 388 g/mol. The summed E-state index contributed by atoms with van der Waals surface area (Å²) >= 11 is 6.01. The SMILES string of the molecule is Cc1cc(OC(C)C(=O)NCc2ccc(N3CCOCC3)cc2)ccc1Cl. The molecule has 6 heteroatoms. The maximum absolute atomic E-state index is 12.3. The summed E-state index contributed by atoms with van der Waals surface area (Å²) in [5.74, 6) is 0.481. The first-order valence-corrected chi connectivity index (χ1v) is 9.53. The number of carbonyl (C=O) groups is 1. The van der Waals surface area contributed by atoms with E-state index in [9.17, 15) is 4.79 Å². The zero-order valence-electron chi connectivity index (χ0n) is 15.7. The summed E-state index contributed by atoms with van der Waals surface area (Å²) in [6, 6.07) is 13.6. The molecule has 0 radical (unpaired) electrons. The summed E-state index contributed by atoms with van der Waals surface area (Å²) < 4.78 is 11.1. The Labute approximate surface area is 165 Å². The summed E-state index contributed by atoms with van der Waals surface area (Å²) in [5.41, 5.74) is 3.15. The zero-order chi connectivity index (χ0) is 19.2. The van der Waals surface area contributed by atoms with Crippen molar-refractivity contribution in [1.29, 1.82) is 0 Å². The maximum atomic E-state index is 12.3. The molecule has 144 valence electrons. The Balaban J connectivity index is 1.49. The quantitative estimate of drug-likeness (QED) is 0.821. The van der Waals surface area contributed by atoms with Crippen LogP contribution >= 0.6 is 11.6 Å². The van der Waals surface area contributed by atoms with E-state index in [-0.39, 0.29) is 5.91 Å². The minimum absolute atomic E-state index is 0.153. The van der Waals surface area contributed by atoms with Gasteiger partial charge in [-0.2, -0.15) is 0 Å². The van der Waals surface area contributed by atoms with E-state index in [4.69, 9.17) is 21.1 Å². The van der Waals surface area contributed by atoms with Crippen LogP contribution in [-0.2, 0) is 16.1 Å². The second kappa shape index (κ2) is 9.11. The molecule has 1 atom stereocenters. The number of halogens is 1. The number of anilines is 1. The molecule has 2 aromatic carbocycles. The van der Waals surface area contributed by atoms with Crippen LogP contribution in [-0.4, -0.2) is 38.3 Å². The molecule has 1 aliphatic heterocycles. The molecule has 0 aliphatic carbocycles. The van der Waals surface area contributed by atoms with Gasteiger partial charge in [-0.05, 0) is 55.3 Å². The van der Waals surface area contributed by atoms with Crippen molar-refractivity contribution < 1.29 is 14.3 Å². The van der Waals surface area contributed by atoms with Gasteiger partial charge >= 0.3 is 0 Å². The van der Waals surface area contributed by atoms with Crippen molar-refractivity contribution in [3.05, 3.63) is 58.6 Å². The van der Waals surface area contributed by atoms with Crippen LogP contribution in [0.15, 0.2) is 42.5 Å². The van der Waals surface area contributed by atoms with Crippen LogP contribution in [0.2, 0.25) is 5.02 Å². The highest BCUT2D eigenvalue weighted by molar-refractivity contribution is 6.31. The van der Waals surface area contributed by atoms with Crippen LogP contribution < -0.4 is 15.0 Å². The molecule has 1 heterocycles. The topological polar surface area (TPSA) is 50.8 Å². The number of benzene rings is 2. The first kappa shape index (κ1) is 19.5. The Morgan fingerprint density at radius 2 is 1.93 bits per heavy atom. The van der Waals surface area contributed by atoms with E-state index in [0.29, 0.717) is 17.3 Å². The number of nitrogens with one attached hydrogen (secondary N) is 1. The van der Waals surface area contributed by atoms with E-state index in [1.54, 1.807) is 19.1 Å². The summed E-state index contributed by atoms with van der Waals surface area (Å²) in [6.07, 6.45) is -0.585. The predicted octanol–water partition coefficient (Wildman–Crippen LogP) is 3.57. The second-order valence-electron chi connectivity index (χ2n) is 6.65. The van der Waals surface area contributed by atoms with E-state index in [0.717, 1.165) is 37.4 Å². The molecule has 1 amide bonds. The van der Waals surface area contributed by atoms with Crippen molar-refractivity contribution in [3.63, 3.8) is 0 Å². The van der Waals surface area contributed by atoms with Crippen LogP contribution in [0.1, 0.15) is 18.1 Å². The minimum Gasteiger partial charge on any atom is -0.481 e. The number of nitrogens with zero attached hydrogens (tertiary/aromatic N) is 1. The normalized spacial score (nSPS) is 15.3. The molecule has 1 saturated heterocycles. The Morgan fingerprint density at radius 1 is 1.22 bits per heavy atom. The highest BCUT2D eigenvalue weighted by Crippen LogP contribution is 2.22. The van der Waals surface area contributed by atoms with Crippen LogP contribution in [0.4, 0.5) is 5.69 Å². The Bertz CT molecular complexity index is 773. The minimum atomic E-state index is -0.585. The van der Waals surface area contributed by atoms with Crippen molar-refractivity contribution in [3.8, 4) is 5.75 Å². The Morgan fingerprint density at radius 3 is 2.59 bits per heavy atom. The summed E-state index contributed by atoms with van der Waals surface area (Å²) in [7, 11) is 0. The molecule has 1 aliphatic rings. The van der Waals surface area contributed by atoms with Crippen LogP contribution in [0.25, 0.3) is 0 Å². The molecule has 1 N–H and O–H groups in total. The number of hydrogen-bond acceptors (Lipinski definition) is 4. The number of carbonyl (C=O) groups excluding carboxylic acids is 1. The van der Waals surface area contributed by atoms with Crippen molar-refractivity contribution in [1.82, 2.24) is 5.32 Å². The van der Waals surface area contributed by atoms with Crippen molar-refractivity contribution >= 4 is 23.2 Å². The lowest BCUT2D eigenvalue weighted by Crippen LogP contribution is -2.36. The van der Waals surface area contributed by atoms with Gasteiger partial charge < -0.3 is 19.7 Å². The third-order valence-electron chi connectivity index (χ3n) is 4.59. The third-order valence-corrected chi connectivity index (χ3v) is 5.01. The average Bonchev–Trinajstić information content (AvgIpc) is 2.70. The number of amides is 1. The fraction of sp³-hybridized carbons (Fsp3) is 0.381. The Hall–Kier alpha value is -2.24. The molecule has 5 nitrogen and oxygen atoms in total. The standard InChI is InChI=1S/C21H25ClN2O3/c1-15-13-19(7-8-20(15)22)27-16(2)21(25)23-14-17-3-5-18(6-4-17)24-9-11-26-12-10-24/h3-8,13,16H,9-12,14H2,1-2H3,(H,23,25). The molecule has 27 heavy (non-hydrogen) atoms. The highest BCUT2D eigenvalue weighted by atomic mass is 35.5. The molecule has 3 rings (SSSR count). The molecule has 1 unspecified atom stereocenters. The van der Waals surface area contributed by atoms with Crippen LogP contribution in [0, 0.1) is 6.92 Å². The lowest BCUT2D eigenvalue weighted by molar-refractivity contribution is -0.127. The highest BCUT2D eigenvalue weighted by Gasteiger charge is 2.15. The Kier molecular flexibility index (Phi) is 6.58. The van der Waals surface area contributed by atoms with Gasteiger partial charge in [-0.1, -0.05) is 23.7 Å². The number of morpholine rings is 1. The molecule has 0 saturated carbocycles. The van der Waals surface area contributed by atoms with E-state index in [1.807, 2.05) is 25.1 Å². The number of rotatable bonds is 6. The number of hydrogen-bond donors (Lipinski definition) is 1. The van der Waals surface area contributed by atoms with E-state index in [2.05, 4.69) is 22.3 Å². The molecule has 1 fully saturated rings. The van der Waals surface area contributed by atoms with Gasteiger partial charge in [0.15, 0.2) is 6.10 Å². The lowest BCUT2D eigenvalue weighted by atomic mass is 10.2. The fourth-order valence-corrected chi connectivity index (χ4v) is 3.04. The van der Waals surface area contributed by atoms with Gasteiger partial charge in [0.05, 0.1) is 13.2 Å². The molecule has 0 spiro atoms. The van der Waals surface area contributed by atoms with Gasteiger partial charge in [0.1, 0.15) is 5.75 Å². The van der Waals surface area contributed by atoms with Gasteiger partial charge in [-0.15, -0.1) is 0 Å². The zero-order valence-corrected chi connectivity index (χ0v) is 16.5. The molecular formula is C21H25ClN2O3. The van der Waals surface area contributed by atoms with Gasteiger partial charge in [0.25, 0.3) is 5.91 Å². The average molecular weight is 389 g/mol. The van der Waals surface area contributed by atoms with E-state index < -0.39 is 6.10 Å².